The Morgan fingerprint density at radius 3 is 2.68 bits per heavy atom. The maximum absolute atomic E-state index is 9.37. The molecule has 0 amide bonds. The first-order valence-corrected chi connectivity index (χ1v) is 8.27. The van der Waals surface area contributed by atoms with E-state index in [2.05, 4.69) is 55.6 Å². The Kier molecular flexibility index (Phi) is 6.69. The minimum atomic E-state index is 0.127. The lowest BCUT2D eigenvalue weighted by Crippen LogP contribution is -2.31. The maximum Gasteiger partial charge on any atom is 0.124 e. The molecule has 0 aliphatic carbocycles. The summed E-state index contributed by atoms with van der Waals surface area (Å²) < 4.78 is 5.98. The molecule has 120 valence electrons. The fourth-order valence-corrected chi connectivity index (χ4v) is 2.54. The average Bonchev–Trinajstić information content (AvgIpc) is 2.57. The van der Waals surface area contributed by atoms with Gasteiger partial charge in [0.2, 0.25) is 0 Å². The van der Waals surface area contributed by atoms with Gasteiger partial charge in [-0.2, -0.15) is 0 Å². The van der Waals surface area contributed by atoms with Gasteiger partial charge in [0.05, 0.1) is 13.2 Å². The molecule has 1 unspecified atom stereocenters. The van der Waals surface area contributed by atoms with Crippen molar-refractivity contribution in [2.45, 2.75) is 45.7 Å². The molecule has 2 aromatic rings. The van der Waals surface area contributed by atoms with Crippen molar-refractivity contribution in [3.63, 3.8) is 0 Å². The highest BCUT2D eigenvalue weighted by atomic mass is 16.5. The zero-order valence-electron chi connectivity index (χ0n) is 13.6. The average molecular weight is 301 g/mol. The third kappa shape index (κ3) is 4.21. The van der Waals surface area contributed by atoms with Crippen molar-refractivity contribution < 1.29 is 9.84 Å². The standard InChI is InChI=1S/C19H27NO2/c1-3-5-12-22-19-11-10-15-8-6-7-9-17(15)18(19)13-20-16(4-2)14-21/h6-11,16,20-21H,3-5,12-14H2,1-2H3. The van der Waals surface area contributed by atoms with Gasteiger partial charge >= 0.3 is 0 Å². The molecule has 0 fully saturated rings. The van der Waals surface area contributed by atoms with Gasteiger partial charge in [-0.1, -0.05) is 50.6 Å². The van der Waals surface area contributed by atoms with E-state index in [1.54, 1.807) is 0 Å². The topological polar surface area (TPSA) is 41.5 Å². The van der Waals surface area contributed by atoms with Gasteiger partial charge in [0.15, 0.2) is 0 Å². The zero-order chi connectivity index (χ0) is 15.8. The van der Waals surface area contributed by atoms with E-state index in [4.69, 9.17) is 4.74 Å². The van der Waals surface area contributed by atoms with Crippen LogP contribution in [-0.2, 0) is 6.54 Å². The molecule has 3 heteroatoms. The van der Waals surface area contributed by atoms with Crippen LogP contribution < -0.4 is 10.1 Å². The molecule has 2 aromatic carbocycles. The molecule has 1 atom stereocenters. The van der Waals surface area contributed by atoms with Crippen LogP contribution in [0.5, 0.6) is 5.75 Å². The number of rotatable bonds is 9. The van der Waals surface area contributed by atoms with Crippen molar-refractivity contribution in [2.75, 3.05) is 13.2 Å². The van der Waals surface area contributed by atoms with Gasteiger partial charge < -0.3 is 15.2 Å². The van der Waals surface area contributed by atoms with E-state index < -0.39 is 0 Å². The molecule has 0 spiro atoms. The van der Waals surface area contributed by atoms with Crippen molar-refractivity contribution >= 4 is 10.8 Å². The summed E-state index contributed by atoms with van der Waals surface area (Å²) in [5, 5.41) is 15.2. The monoisotopic (exact) mass is 301 g/mol. The molecule has 0 saturated heterocycles. The Bertz CT molecular complexity index is 579. The Morgan fingerprint density at radius 1 is 1.14 bits per heavy atom. The van der Waals surface area contributed by atoms with Crippen LogP contribution in [0.2, 0.25) is 0 Å². The summed E-state index contributed by atoms with van der Waals surface area (Å²) in [5.74, 6) is 0.951. The highest BCUT2D eigenvalue weighted by molar-refractivity contribution is 5.87. The summed E-state index contributed by atoms with van der Waals surface area (Å²) >= 11 is 0. The van der Waals surface area contributed by atoms with E-state index in [1.165, 1.54) is 16.3 Å². The van der Waals surface area contributed by atoms with Crippen LogP contribution >= 0.6 is 0 Å². The molecule has 0 bridgehead atoms. The summed E-state index contributed by atoms with van der Waals surface area (Å²) in [4.78, 5) is 0. The van der Waals surface area contributed by atoms with Gasteiger partial charge in [-0.3, -0.25) is 0 Å². The van der Waals surface area contributed by atoms with Crippen LogP contribution in [0.25, 0.3) is 10.8 Å². The van der Waals surface area contributed by atoms with Crippen molar-refractivity contribution in [1.29, 1.82) is 0 Å². The van der Waals surface area contributed by atoms with E-state index in [0.29, 0.717) is 6.54 Å². The van der Waals surface area contributed by atoms with Gasteiger partial charge in [0, 0.05) is 18.2 Å². The summed E-state index contributed by atoms with van der Waals surface area (Å²) in [6.45, 7) is 5.86. The molecular weight excluding hydrogens is 274 g/mol. The number of unbranched alkanes of at least 4 members (excludes halogenated alkanes) is 1. The summed E-state index contributed by atoms with van der Waals surface area (Å²) in [6, 6.07) is 12.7. The second kappa shape index (κ2) is 8.76. The minimum Gasteiger partial charge on any atom is -0.493 e. The van der Waals surface area contributed by atoms with Gasteiger partial charge in [-0.25, -0.2) is 0 Å². The fraction of sp³-hybridized carbons (Fsp3) is 0.474. The van der Waals surface area contributed by atoms with Crippen LogP contribution in [0.1, 0.15) is 38.7 Å². The van der Waals surface area contributed by atoms with Crippen LogP contribution in [0, 0.1) is 0 Å². The first kappa shape index (κ1) is 16.8. The summed E-state index contributed by atoms with van der Waals surface area (Å²) in [6.07, 6.45) is 3.10. The number of aliphatic hydroxyl groups is 1. The lowest BCUT2D eigenvalue weighted by atomic mass is 10.0. The minimum absolute atomic E-state index is 0.127. The fourth-order valence-electron chi connectivity index (χ4n) is 2.54. The Balaban J connectivity index is 2.26. The van der Waals surface area contributed by atoms with Gasteiger partial charge in [0.1, 0.15) is 5.75 Å². The Labute approximate surface area is 133 Å². The number of fused-ring (bicyclic) bond motifs is 1. The third-order valence-electron chi connectivity index (χ3n) is 4.03. The van der Waals surface area contributed by atoms with E-state index in [0.717, 1.165) is 31.6 Å². The van der Waals surface area contributed by atoms with Crippen molar-refractivity contribution in [1.82, 2.24) is 5.32 Å². The number of aliphatic hydroxyl groups excluding tert-OH is 1. The number of hydrogen-bond acceptors (Lipinski definition) is 3. The van der Waals surface area contributed by atoms with Crippen LogP contribution in [0.4, 0.5) is 0 Å². The first-order chi connectivity index (χ1) is 10.8. The second-order valence-corrected chi connectivity index (χ2v) is 5.63. The van der Waals surface area contributed by atoms with Crippen LogP contribution in [-0.4, -0.2) is 24.4 Å². The quantitative estimate of drug-likeness (QED) is 0.691. The molecular formula is C19H27NO2. The van der Waals surface area contributed by atoms with Gasteiger partial charge in [-0.15, -0.1) is 0 Å². The maximum atomic E-state index is 9.37. The first-order valence-electron chi connectivity index (χ1n) is 8.27. The molecule has 0 aromatic heterocycles. The highest BCUT2D eigenvalue weighted by Crippen LogP contribution is 2.28. The predicted octanol–water partition coefficient (Wildman–Crippen LogP) is 3.88. The molecule has 0 heterocycles. The molecule has 0 aliphatic rings. The SMILES string of the molecule is CCCCOc1ccc2ccccc2c1CNC(CC)CO. The van der Waals surface area contributed by atoms with Crippen molar-refractivity contribution in [3.05, 3.63) is 42.0 Å². The molecule has 0 saturated carbocycles. The number of hydrogen-bond donors (Lipinski definition) is 2. The number of benzene rings is 2. The van der Waals surface area contributed by atoms with Crippen molar-refractivity contribution in [3.8, 4) is 5.75 Å². The van der Waals surface area contributed by atoms with Crippen LogP contribution in [0.3, 0.4) is 0 Å². The van der Waals surface area contributed by atoms with Gasteiger partial charge in [-0.05, 0) is 29.7 Å². The highest BCUT2D eigenvalue weighted by Gasteiger charge is 2.11. The number of ether oxygens (including phenoxy) is 1. The largest absolute Gasteiger partial charge is 0.493 e. The lowest BCUT2D eigenvalue weighted by molar-refractivity contribution is 0.237. The van der Waals surface area contributed by atoms with E-state index in [9.17, 15) is 5.11 Å². The van der Waals surface area contributed by atoms with E-state index in [1.807, 2.05) is 0 Å². The summed E-state index contributed by atoms with van der Waals surface area (Å²) in [7, 11) is 0. The Hall–Kier alpha value is -1.58. The Morgan fingerprint density at radius 2 is 1.95 bits per heavy atom. The smallest absolute Gasteiger partial charge is 0.124 e. The predicted molar refractivity (Wildman–Crippen MR) is 92.4 cm³/mol. The lowest BCUT2D eigenvalue weighted by Gasteiger charge is -2.18. The van der Waals surface area contributed by atoms with Gasteiger partial charge in [0.25, 0.3) is 0 Å². The molecule has 0 radical (unpaired) electrons. The molecule has 2 rings (SSSR count). The van der Waals surface area contributed by atoms with Crippen molar-refractivity contribution in [2.24, 2.45) is 0 Å². The third-order valence-corrected chi connectivity index (χ3v) is 4.03. The zero-order valence-corrected chi connectivity index (χ0v) is 13.6. The molecule has 3 nitrogen and oxygen atoms in total. The second-order valence-electron chi connectivity index (χ2n) is 5.63. The van der Waals surface area contributed by atoms with Crippen LogP contribution in [0.15, 0.2) is 36.4 Å². The normalized spacial score (nSPS) is 12.5. The summed E-state index contributed by atoms with van der Waals surface area (Å²) in [5.41, 5.74) is 1.18. The van der Waals surface area contributed by atoms with E-state index >= 15 is 0 Å². The molecule has 2 N–H and O–H groups in total. The number of nitrogens with one attached hydrogen (secondary N) is 1. The molecule has 0 aliphatic heterocycles. The van der Waals surface area contributed by atoms with E-state index in [-0.39, 0.29) is 12.6 Å². The molecule has 22 heavy (non-hydrogen) atoms.